The number of nitrogens with one attached hydrogen (secondary N) is 1. The highest BCUT2D eigenvalue weighted by atomic mass is 31.1. The fourth-order valence-corrected chi connectivity index (χ4v) is 2.99. The zero-order valence-electron chi connectivity index (χ0n) is 8.30. The molecule has 0 radical (unpaired) electrons. The average Bonchev–Trinajstić information content (AvgIpc) is 2.33. The first kappa shape index (κ1) is 10.3. The Morgan fingerprint density at radius 3 is 1.47 bits per heavy atom. The van der Waals surface area contributed by atoms with Gasteiger partial charge in [0.05, 0.1) is 0 Å². The summed E-state index contributed by atoms with van der Waals surface area (Å²) in [4.78, 5) is 0. The van der Waals surface area contributed by atoms with Crippen molar-refractivity contribution in [1.29, 1.82) is 0 Å². The Kier molecular flexibility index (Phi) is 3.46. The van der Waals surface area contributed by atoms with Gasteiger partial charge in [-0.1, -0.05) is 60.7 Å². The minimum atomic E-state index is -0.621. The minimum Gasteiger partial charge on any atom is -0.267 e. The van der Waals surface area contributed by atoms with E-state index in [9.17, 15) is 0 Å². The van der Waals surface area contributed by atoms with Crippen LogP contribution in [0.1, 0.15) is 0 Å². The Morgan fingerprint density at radius 2 is 1.13 bits per heavy atom. The lowest BCUT2D eigenvalue weighted by Crippen LogP contribution is -2.27. The summed E-state index contributed by atoms with van der Waals surface area (Å²) in [6, 6.07) is 20.5. The second kappa shape index (κ2) is 5.04. The third kappa shape index (κ3) is 2.42. The molecule has 0 aromatic heterocycles. The molecule has 0 saturated heterocycles. The van der Waals surface area contributed by atoms with Crippen molar-refractivity contribution in [1.82, 2.24) is 5.20 Å². The van der Waals surface area contributed by atoms with Crippen LogP contribution in [0.2, 0.25) is 0 Å². The van der Waals surface area contributed by atoms with Gasteiger partial charge in [0.15, 0.2) is 0 Å². The van der Waals surface area contributed by atoms with E-state index >= 15 is 0 Å². The van der Waals surface area contributed by atoms with Gasteiger partial charge in [-0.3, -0.25) is 5.84 Å². The summed E-state index contributed by atoms with van der Waals surface area (Å²) >= 11 is 0. The fourth-order valence-electron chi connectivity index (χ4n) is 1.45. The van der Waals surface area contributed by atoms with E-state index in [1.165, 1.54) is 10.6 Å². The first-order valence-corrected chi connectivity index (χ1v) is 6.12. The lowest BCUT2D eigenvalue weighted by molar-refractivity contribution is 1.11. The molecule has 0 spiro atoms. The molecule has 0 atom stereocenters. The van der Waals surface area contributed by atoms with Crippen molar-refractivity contribution in [2.24, 2.45) is 5.84 Å². The van der Waals surface area contributed by atoms with Gasteiger partial charge in [-0.2, -0.15) is 0 Å². The summed E-state index contributed by atoms with van der Waals surface area (Å²) < 4.78 is 0. The first-order chi connectivity index (χ1) is 7.42. The van der Waals surface area contributed by atoms with Crippen LogP contribution in [0.5, 0.6) is 0 Å². The predicted molar refractivity (Wildman–Crippen MR) is 66.4 cm³/mol. The lowest BCUT2D eigenvalue weighted by atomic mass is 10.4. The smallest absolute Gasteiger partial charge is 0.0394 e. The maximum atomic E-state index is 5.62. The van der Waals surface area contributed by atoms with Gasteiger partial charge in [0, 0.05) is 8.07 Å². The molecule has 2 aromatic rings. The zero-order valence-corrected chi connectivity index (χ0v) is 9.19. The van der Waals surface area contributed by atoms with Gasteiger partial charge in [-0.05, 0) is 10.6 Å². The Labute approximate surface area is 90.9 Å². The van der Waals surface area contributed by atoms with Crippen LogP contribution in [0.4, 0.5) is 0 Å². The molecule has 3 heteroatoms. The number of hydrogen-bond acceptors (Lipinski definition) is 2. The molecule has 15 heavy (non-hydrogen) atoms. The van der Waals surface area contributed by atoms with Gasteiger partial charge in [-0.15, -0.1) is 0 Å². The highest BCUT2D eigenvalue weighted by molar-refractivity contribution is 7.71. The van der Waals surface area contributed by atoms with E-state index in [1.54, 1.807) is 0 Å². The molecule has 2 nitrogen and oxygen atoms in total. The number of hydrogen-bond donors (Lipinski definition) is 2. The summed E-state index contributed by atoms with van der Waals surface area (Å²) in [6.07, 6.45) is 0. The number of benzene rings is 2. The molecule has 0 unspecified atom stereocenters. The summed E-state index contributed by atoms with van der Waals surface area (Å²) in [7, 11) is -0.621. The zero-order chi connectivity index (χ0) is 10.5. The average molecular weight is 216 g/mol. The molecular formula is C12H13N2P. The van der Waals surface area contributed by atoms with Crippen molar-refractivity contribution in [2.75, 3.05) is 0 Å². The van der Waals surface area contributed by atoms with Gasteiger partial charge in [0.25, 0.3) is 0 Å². The summed E-state index contributed by atoms with van der Waals surface area (Å²) in [5.41, 5.74) is 0. The molecule has 0 aliphatic heterocycles. The number of hydrazine groups is 1. The van der Waals surface area contributed by atoms with Crippen LogP contribution in [0.25, 0.3) is 0 Å². The molecule has 0 saturated carbocycles. The molecule has 0 amide bonds. The van der Waals surface area contributed by atoms with Crippen molar-refractivity contribution in [3.63, 3.8) is 0 Å². The highest BCUT2D eigenvalue weighted by Crippen LogP contribution is 2.26. The van der Waals surface area contributed by atoms with Crippen LogP contribution in [0.15, 0.2) is 60.7 Å². The normalized spacial score (nSPS) is 10.5. The van der Waals surface area contributed by atoms with Gasteiger partial charge in [-0.25, -0.2) is 5.20 Å². The van der Waals surface area contributed by atoms with E-state index in [2.05, 4.69) is 29.5 Å². The van der Waals surface area contributed by atoms with Crippen LogP contribution in [-0.2, 0) is 0 Å². The molecule has 0 heterocycles. The predicted octanol–water partition coefficient (Wildman–Crippen LogP) is 1.50. The Morgan fingerprint density at radius 1 is 0.733 bits per heavy atom. The summed E-state index contributed by atoms with van der Waals surface area (Å²) in [6.45, 7) is 0. The van der Waals surface area contributed by atoms with Gasteiger partial charge in [0.1, 0.15) is 0 Å². The second-order valence-electron chi connectivity index (χ2n) is 3.14. The largest absolute Gasteiger partial charge is 0.267 e. The van der Waals surface area contributed by atoms with Crippen LogP contribution in [0.3, 0.4) is 0 Å². The van der Waals surface area contributed by atoms with Crippen molar-refractivity contribution in [3.05, 3.63) is 60.7 Å². The highest BCUT2D eigenvalue weighted by Gasteiger charge is 2.10. The minimum absolute atomic E-state index is 0.621. The van der Waals surface area contributed by atoms with Crippen LogP contribution >= 0.6 is 8.07 Å². The molecule has 76 valence electrons. The van der Waals surface area contributed by atoms with Crippen molar-refractivity contribution < 1.29 is 0 Å². The van der Waals surface area contributed by atoms with Crippen LogP contribution < -0.4 is 21.6 Å². The van der Waals surface area contributed by atoms with E-state index < -0.39 is 8.07 Å². The molecule has 0 aliphatic rings. The quantitative estimate of drug-likeness (QED) is 0.463. The SMILES string of the molecule is NNP(c1ccccc1)c1ccccc1. The molecule has 2 rings (SSSR count). The Balaban J connectivity index is 2.34. The van der Waals surface area contributed by atoms with E-state index in [1.807, 2.05) is 36.4 Å². The maximum absolute atomic E-state index is 5.62. The topological polar surface area (TPSA) is 38.0 Å². The van der Waals surface area contributed by atoms with E-state index in [0.29, 0.717) is 0 Å². The third-order valence-electron chi connectivity index (χ3n) is 2.16. The summed E-state index contributed by atoms with van der Waals surface area (Å²) in [5.74, 6) is 5.62. The van der Waals surface area contributed by atoms with Gasteiger partial charge in [0.2, 0.25) is 0 Å². The number of rotatable bonds is 3. The van der Waals surface area contributed by atoms with Crippen molar-refractivity contribution in [3.8, 4) is 0 Å². The third-order valence-corrected chi connectivity index (χ3v) is 4.05. The molecule has 3 N–H and O–H groups in total. The summed E-state index contributed by atoms with van der Waals surface area (Å²) in [5, 5.41) is 5.37. The molecule has 0 fully saturated rings. The molecule has 0 bridgehead atoms. The van der Waals surface area contributed by atoms with Crippen LogP contribution in [-0.4, -0.2) is 0 Å². The van der Waals surface area contributed by atoms with Gasteiger partial charge >= 0.3 is 0 Å². The standard InChI is InChI=1S/C12H13N2P/c13-14-15(11-7-3-1-4-8-11)12-9-5-2-6-10-12/h1-10,14H,13H2. The fraction of sp³-hybridized carbons (Fsp3) is 0. The Hall–Kier alpha value is -1.21. The van der Waals surface area contributed by atoms with Crippen LogP contribution in [0, 0.1) is 0 Å². The van der Waals surface area contributed by atoms with Crippen molar-refractivity contribution in [2.45, 2.75) is 0 Å². The van der Waals surface area contributed by atoms with E-state index in [0.717, 1.165) is 0 Å². The molecule has 0 aliphatic carbocycles. The van der Waals surface area contributed by atoms with Crippen molar-refractivity contribution >= 4 is 18.7 Å². The monoisotopic (exact) mass is 216 g/mol. The van der Waals surface area contributed by atoms with Gasteiger partial charge < -0.3 is 0 Å². The molecular weight excluding hydrogens is 203 g/mol. The maximum Gasteiger partial charge on any atom is 0.0394 e. The second-order valence-corrected chi connectivity index (χ2v) is 5.10. The number of nitrogens with two attached hydrogens (primary N) is 1. The first-order valence-electron chi connectivity index (χ1n) is 4.78. The molecule has 2 aromatic carbocycles. The van der Waals surface area contributed by atoms with E-state index in [4.69, 9.17) is 5.84 Å². The Bertz CT molecular complexity index is 363. The van der Waals surface area contributed by atoms with E-state index in [-0.39, 0.29) is 0 Å². The lowest BCUT2D eigenvalue weighted by Gasteiger charge is -2.16.